The van der Waals surface area contributed by atoms with Crippen molar-refractivity contribution in [3.8, 4) is 0 Å². The van der Waals surface area contributed by atoms with Crippen molar-refractivity contribution in [3.05, 3.63) is 64.3 Å². The quantitative estimate of drug-likeness (QED) is 0.436. The molecule has 0 aliphatic carbocycles. The van der Waals surface area contributed by atoms with Crippen LogP contribution in [0.25, 0.3) is 10.9 Å². The van der Waals surface area contributed by atoms with Crippen LogP contribution in [-0.2, 0) is 6.54 Å². The van der Waals surface area contributed by atoms with E-state index in [2.05, 4.69) is 9.88 Å². The number of fused-ring (bicyclic) bond motifs is 1. The van der Waals surface area contributed by atoms with E-state index in [1.165, 1.54) is 18.2 Å². The largest absolute Gasteiger partial charge is 0.393 e. The van der Waals surface area contributed by atoms with Gasteiger partial charge in [-0.3, -0.25) is 14.9 Å². The van der Waals surface area contributed by atoms with Crippen molar-refractivity contribution in [3.63, 3.8) is 0 Å². The van der Waals surface area contributed by atoms with Crippen LogP contribution in [0.2, 0.25) is 0 Å². The van der Waals surface area contributed by atoms with Gasteiger partial charge in [-0.05, 0) is 43.3 Å². The predicted molar refractivity (Wildman–Crippen MR) is 93.1 cm³/mol. The maximum atomic E-state index is 12.4. The van der Waals surface area contributed by atoms with Gasteiger partial charge in [-0.1, -0.05) is 0 Å². The Balaban J connectivity index is 1.87. The molecule has 0 radical (unpaired) electrons. The summed E-state index contributed by atoms with van der Waals surface area (Å²) in [6, 6.07) is 11.5. The van der Waals surface area contributed by atoms with Crippen LogP contribution < -0.4 is 11.1 Å². The molecule has 0 bridgehead atoms. The number of amides is 1. The highest BCUT2D eigenvalue weighted by Gasteiger charge is 2.14. The summed E-state index contributed by atoms with van der Waals surface area (Å²) in [4.78, 5) is 22.7. The fourth-order valence-electron chi connectivity index (χ4n) is 2.60. The van der Waals surface area contributed by atoms with E-state index >= 15 is 0 Å². The molecule has 0 saturated carbocycles. The number of nitro groups is 1. The number of nitro benzene ring substituents is 1. The summed E-state index contributed by atoms with van der Waals surface area (Å²) in [6.07, 6.45) is 1.97. The highest BCUT2D eigenvalue weighted by atomic mass is 16.6. The van der Waals surface area contributed by atoms with Gasteiger partial charge < -0.3 is 15.6 Å². The van der Waals surface area contributed by atoms with Gasteiger partial charge in [0.1, 0.15) is 5.69 Å². The van der Waals surface area contributed by atoms with Crippen molar-refractivity contribution in [1.29, 1.82) is 0 Å². The minimum atomic E-state index is -0.579. The molecule has 3 aromatic rings. The Morgan fingerprint density at radius 1 is 1.25 bits per heavy atom. The van der Waals surface area contributed by atoms with Crippen LogP contribution >= 0.6 is 0 Å². The van der Waals surface area contributed by atoms with E-state index in [0.29, 0.717) is 11.3 Å². The summed E-state index contributed by atoms with van der Waals surface area (Å²) in [6.45, 7) is 2.90. The van der Waals surface area contributed by atoms with Gasteiger partial charge in [-0.2, -0.15) is 0 Å². The maximum absolute atomic E-state index is 12.4. The Labute approximate surface area is 137 Å². The monoisotopic (exact) mass is 324 g/mol. The highest BCUT2D eigenvalue weighted by molar-refractivity contribution is 6.06. The maximum Gasteiger partial charge on any atom is 0.294 e. The molecule has 0 spiro atoms. The lowest BCUT2D eigenvalue weighted by atomic mass is 10.1. The zero-order valence-electron chi connectivity index (χ0n) is 13.0. The molecule has 0 fully saturated rings. The smallest absolute Gasteiger partial charge is 0.294 e. The summed E-state index contributed by atoms with van der Waals surface area (Å²) in [5.41, 5.74) is 7.24. The lowest BCUT2D eigenvalue weighted by Crippen LogP contribution is -2.12. The lowest BCUT2D eigenvalue weighted by molar-refractivity contribution is -0.383. The number of aromatic nitrogens is 1. The molecule has 7 nitrogen and oxygen atoms in total. The third-order valence-corrected chi connectivity index (χ3v) is 3.86. The molecule has 0 atom stereocenters. The van der Waals surface area contributed by atoms with Crippen LogP contribution in [0.3, 0.4) is 0 Å². The van der Waals surface area contributed by atoms with Crippen LogP contribution in [0.1, 0.15) is 17.3 Å². The van der Waals surface area contributed by atoms with Crippen molar-refractivity contribution < 1.29 is 9.72 Å². The number of hydrogen-bond donors (Lipinski definition) is 2. The molecule has 24 heavy (non-hydrogen) atoms. The third kappa shape index (κ3) is 2.79. The number of carbonyl (C=O) groups excluding carboxylic acids is 1. The third-order valence-electron chi connectivity index (χ3n) is 3.86. The van der Waals surface area contributed by atoms with Crippen LogP contribution in [0.4, 0.5) is 17.1 Å². The summed E-state index contributed by atoms with van der Waals surface area (Å²) < 4.78 is 2.08. The summed E-state index contributed by atoms with van der Waals surface area (Å²) in [5, 5.41) is 14.5. The lowest BCUT2D eigenvalue weighted by Gasteiger charge is -2.07. The SMILES string of the molecule is CCn1ccc2cc(C(=O)Nc3ccc(N)c([N+](=O)[O-])c3)ccc21. The average molecular weight is 324 g/mol. The van der Waals surface area contributed by atoms with Crippen LogP contribution in [-0.4, -0.2) is 15.4 Å². The van der Waals surface area contributed by atoms with Gasteiger partial charge in [-0.15, -0.1) is 0 Å². The zero-order chi connectivity index (χ0) is 17.3. The van der Waals surface area contributed by atoms with E-state index in [4.69, 9.17) is 5.73 Å². The van der Waals surface area contributed by atoms with Gasteiger partial charge in [0.05, 0.1) is 4.92 Å². The first kappa shape index (κ1) is 15.5. The van der Waals surface area contributed by atoms with Crippen molar-refractivity contribution in [2.24, 2.45) is 0 Å². The fourth-order valence-corrected chi connectivity index (χ4v) is 2.60. The Kier molecular flexibility index (Phi) is 3.91. The first-order valence-electron chi connectivity index (χ1n) is 7.43. The molecule has 1 heterocycles. The van der Waals surface area contributed by atoms with E-state index in [1.807, 2.05) is 25.3 Å². The predicted octanol–water partition coefficient (Wildman–Crippen LogP) is 3.40. The zero-order valence-corrected chi connectivity index (χ0v) is 13.0. The molecular formula is C17H16N4O3. The summed E-state index contributed by atoms with van der Waals surface area (Å²) >= 11 is 0. The van der Waals surface area contributed by atoms with Crippen LogP contribution in [0, 0.1) is 10.1 Å². The number of nitrogens with one attached hydrogen (secondary N) is 1. The first-order valence-corrected chi connectivity index (χ1v) is 7.43. The number of hydrogen-bond acceptors (Lipinski definition) is 4. The topological polar surface area (TPSA) is 103 Å². The Bertz CT molecular complexity index is 946. The van der Waals surface area contributed by atoms with E-state index in [0.717, 1.165) is 17.4 Å². The molecule has 0 saturated heterocycles. The Morgan fingerprint density at radius 3 is 2.75 bits per heavy atom. The molecule has 7 heteroatoms. The molecule has 1 amide bonds. The molecule has 0 unspecified atom stereocenters. The van der Waals surface area contributed by atoms with Crippen LogP contribution in [0.5, 0.6) is 0 Å². The van der Waals surface area contributed by atoms with Gasteiger partial charge in [0.15, 0.2) is 0 Å². The minimum Gasteiger partial charge on any atom is -0.393 e. The number of rotatable bonds is 4. The number of benzene rings is 2. The van der Waals surface area contributed by atoms with E-state index in [-0.39, 0.29) is 17.3 Å². The fraction of sp³-hybridized carbons (Fsp3) is 0.118. The molecule has 0 aliphatic heterocycles. The number of aryl methyl sites for hydroxylation is 1. The Hall–Kier alpha value is -3.35. The van der Waals surface area contributed by atoms with Gasteiger partial charge in [0.2, 0.25) is 0 Å². The molecule has 3 rings (SSSR count). The van der Waals surface area contributed by atoms with E-state index < -0.39 is 4.92 Å². The average Bonchev–Trinajstić information content (AvgIpc) is 2.98. The molecule has 122 valence electrons. The van der Waals surface area contributed by atoms with Crippen molar-refractivity contribution >= 4 is 33.9 Å². The molecule has 3 N–H and O–H groups in total. The number of nitrogens with zero attached hydrogens (tertiary/aromatic N) is 2. The second-order valence-electron chi connectivity index (χ2n) is 5.36. The van der Waals surface area contributed by atoms with E-state index in [1.54, 1.807) is 12.1 Å². The molecular weight excluding hydrogens is 308 g/mol. The first-order chi connectivity index (χ1) is 11.5. The van der Waals surface area contributed by atoms with Crippen molar-refractivity contribution in [2.75, 3.05) is 11.1 Å². The Morgan fingerprint density at radius 2 is 2.04 bits per heavy atom. The number of carbonyl (C=O) groups is 1. The van der Waals surface area contributed by atoms with Gasteiger partial charge in [0, 0.05) is 41.0 Å². The van der Waals surface area contributed by atoms with Crippen LogP contribution in [0.15, 0.2) is 48.7 Å². The summed E-state index contributed by atoms with van der Waals surface area (Å²) in [7, 11) is 0. The molecule has 2 aromatic carbocycles. The molecule has 0 aliphatic rings. The number of anilines is 2. The van der Waals surface area contributed by atoms with Crippen molar-refractivity contribution in [2.45, 2.75) is 13.5 Å². The normalized spacial score (nSPS) is 10.7. The van der Waals surface area contributed by atoms with Gasteiger partial charge in [-0.25, -0.2) is 0 Å². The standard InChI is InChI=1S/C17H16N4O3/c1-2-20-8-7-11-9-12(3-6-15(11)20)17(22)19-13-4-5-14(18)16(10-13)21(23)24/h3-10H,2,18H2,1H3,(H,19,22). The van der Waals surface area contributed by atoms with Crippen molar-refractivity contribution in [1.82, 2.24) is 4.57 Å². The highest BCUT2D eigenvalue weighted by Crippen LogP contribution is 2.25. The number of nitrogens with two attached hydrogens (primary N) is 1. The second kappa shape index (κ2) is 6.04. The summed E-state index contributed by atoms with van der Waals surface area (Å²) in [5.74, 6) is -0.333. The second-order valence-corrected chi connectivity index (χ2v) is 5.36. The minimum absolute atomic E-state index is 0.0559. The van der Waals surface area contributed by atoms with E-state index in [9.17, 15) is 14.9 Å². The van der Waals surface area contributed by atoms with Gasteiger partial charge in [0.25, 0.3) is 11.6 Å². The molecule has 1 aromatic heterocycles. The number of nitrogen functional groups attached to an aromatic ring is 1. The van der Waals surface area contributed by atoms with Gasteiger partial charge >= 0.3 is 0 Å².